The molecule has 0 aliphatic rings. The van der Waals surface area contributed by atoms with Gasteiger partial charge in [-0.1, -0.05) is 35.5 Å². The number of nitrogens with two attached hydrogens (primary N) is 2. The number of aliphatic hydroxyl groups is 1. The average Bonchev–Trinajstić information content (AvgIpc) is 2.66. The van der Waals surface area contributed by atoms with E-state index in [0.29, 0.717) is 12.0 Å². The number of oxime groups is 1. The number of sulfonamides is 1. The molecule has 2 atom stereocenters. The van der Waals surface area contributed by atoms with E-state index in [1.807, 2.05) is 30.3 Å². The fourth-order valence-corrected chi connectivity index (χ4v) is 3.37. The molecule has 0 saturated heterocycles. The van der Waals surface area contributed by atoms with E-state index in [1.54, 1.807) is 0 Å². The molecular weight excluding hydrogens is 356 g/mol. The number of amidine groups is 1. The van der Waals surface area contributed by atoms with Gasteiger partial charge in [-0.05, 0) is 36.2 Å². The van der Waals surface area contributed by atoms with E-state index < -0.39 is 22.2 Å². The van der Waals surface area contributed by atoms with Crippen molar-refractivity contribution in [2.75, 3.05) is 6.54 Å². The number of aliphatic hydroxyl groups excluding tert-OH is 1. The monoisotopic (exact) mass is 378 g/mol. The van der Waals surface area contributed by atoms with Gasteiger partial charge in [0, 0.05) is 18.2 Å². The van der Waals surface area contributed by atoms with Crippen LogP contribution in [0.3, 0.4) is 0 Å². The average molecular weight is 378 g/mol. The number of nitrogens with one attached hydrogen (secondary N) is 1. The van der Waals surface area contributed by atoms with Gasteiger partial charge in [-0.15, -0.1) is 0 Å². The molecule has 0 aliphatic heterocycles. The molecule has 0 saturated carbocycles. The number of hydrogen-bond acceptors (Lipinski definition) is 6. The van der Waals surface area contributed by atoms with Crippen LogP contribution in [-0.2, 0) is 16.4 Å². The van der Waals surface area contributed by atoms with Gasteiger partial charge in [-0.25, -0.2) is 13.1 Å². The molecule has 9 heteroatoms. The van der Waals surface area contributed by atoms with Gasteiger partial charge in [-0.2, -0.15) is 0 Å². The zero-order valence-electron chi connectivity index (χ0n) is 14.0. The molecule has 1 unspecified atom stereocenters. The van der Waals surface area contributed by atoms with Crippen LogP contribution in [0.4, 0.5) is 0 Å². The van der Waals surface area contributed by atoms with E-state index in [4.69, 9.17) is 16.7 Å². The lowest BCUT2D eigenvalue weighted by molar-refractivity contribution is 0.148. The topological polar surface area (TPSA) is 151 Å². The van der Waals surface area contributed by atoms with Crippen molar-refractivity contribution < 1.29 is 18.7 Å². The molecule has 0 radical (unpaired) electrons. The van der Waals surface area contributed by atoms with Crippen molar-refractivity contribution in [2.45, 2.75) is 23.5 Å². The molecule has 8 nitrogen and oxygen atoms in total. The Bertz CT molecular complexity index is 839. The molecule has 0 bridgehead atoms. The molecule has 0 amide bonds. The summed E-state index contributed by atoms with van der Waals surface area (Å²) >= 11 is 0. The minimum absolute atomic E-state index is 0.00387. The van der Waals surface area contributed by atoms with Gasteiger partial charge < -0.3 is 21.8 Å². The second-order valence-electron chi connectivity index (χ2n) is 5.78. The van der Waals surface area contributed by atoms with E-state index in [9.17, 15) is 13.5 Å². The Balaban J connectivity index is 1.96. The lowest BCUT2D eigenvalue weighted by Crippen LogP contribution is -2.44. The molecule has 7 N–H and O–H groups in total. The third-order valence-corrected chi connectivity index (χ3v) is 5.30. The second-order valence-corrected chi connectivity index (χ2v) is 7.55. The second kappa shape index (κ2) is 8.77. The molecule has 2 aromatic carbocycles. The van der Waals surface area contributed by atoms with E-state index in [-0.39, 0.29) is 17.3 Å². The highest BCUT2D eigenvalue weighted by Gasteiger charge is 2.20. The first-order chi connectivity index (χ1) is 12.3. The van der Waals surface area contributed by atoms with Crippen molar-refractivity contribution in [3.63, 3.8) is 0 Å². The fourth-order valence-electron chi connectivity index (χ4n) is 2.31. The third kappa shape index (κ3) is 5.27. The summed E-state index contributed by atoms with van der Waals surface area (Å²) in [6, 6.07) is 14.3. The lowest BCUT2D eigenvalue weighted by atomic mass is 10.0. The van der Waals surface area contributed by atoms with Crippen molar-refractivity contribution in [3.05, 3.63) is 65.7 Å². The Labute approximate surface area is 152 Å². The van der Waals surface area contributed by atoms with Crippen molar-refractivity contribution in [2.24, 2.45) is 16.6 Å². The summed E-state index contributed by atoms with van der Waals surface area (Å²) in [6.07, 6.45) is -0.612. The van der Waals surface area contributed by atoms with E-state index in [2.05, 4.69) is 9.88 Å². The van der Waals surface area contributed by atoms with Gasteiger partial charge in [0.1, 0.15) is 0 Å². The largest absolute Gasteiger partial charge is 0.409 e. The van der Waals surface area contributed by atoms with Gasteiger partial charge in [-0.3, -0.25) is 0 Å². The normalized spacial score (nSPS) is 14.8. The zero-order chi connectivity index (χ0) is 19.2. The standard InChI is InChI=1S/C17H22N4O4S/c18-15(10-12-4-2-1-3-5-12)16(22)11-20-26(24,25)14-8-6-13(7-9-14)17(19)21-23/h1-9,15-16,20,22-23H,10-11,18H2,(H2,19,21)/t15?,16-/m1/s1. The highest BCUT2D eigenvalue weighted by molar-refractivity contribution is 7.89. The van der Waals surface area contributed by atoms with Crippen LogP contribution in [0.1, 0.15) is 11.1 Å². The Hall–Kier alpha value is -2.46. The Morgan fingerprint density at radius 3 is 2.31 bits per heavy atom. The molecule has 2 aromatic rings. The van der Waals surface area contributed by atoms with Crippen molar-refractivity contribution in [1.82, 2.24) is 4.72 Å². The fraction of sp³-hybridized carbons (Fsp3) is 0.235. The van der Waals surface area contributed by atoms with Gasteiger partial charge in [0.2, 0.25) is 10.0 Å². The predicted octanol–water partition coefficient (Wildman–Crippen LogP) is -0.00970. The van der Waals surface area contributed by atoms with Gasteiger partial charge in [0.05, 0.1) is 11.0 Å². The van der Waals surface area contributed by atoms with Crippen LogP contribution < -0.4 is 16.2 Å². The third-order valence-electron chi connectivity index (χ3n) is 3.86. The minimum atomic E-state index is -3.82. The number of rotatable bonds is 8. The van der Waals surface area contributed by atoms with Crippen molar-refractivity contribution >= 4 is 15.9 Å². The maximum atomic E-state index is 12.3. The van der Waals surface area contributed by atoms with Crippen molar-refractivity contribution in [1.29, 1.82) is 0 Å². The highest BCUT2D eigenvalue weighted by atomic mass is 32.2. The van der Waals surface area contributed by atoms with Gasteiger partial charge in [0.15, 0.2) is 5.84 Å². The van der Waals surface area contributed by atoms with Crippen LogP contribution in [0, 0.1) is 0 Å². The van der Waals surface area contributed by atoms with Crippen LogP contribution >= 0.6 is 0 Å². The number of nitrogens with zero attached hydrogens (tertiary/aromatic N) is 1. The quantitative estimate of drug-likeness (QED) is 0.189. The Morgan fingerprint density at radius 2 is 1.73 bits per heavy atom. The lowest BCUT2D eigenvalue weighted by Gasteiger charge is -2.19. The van der Waals surface area contributed by atoms with Gasteiger partial charge >= 0.3 is 0 Å². The summed E-state index contributed by atoms with van der Waals surface area (Å²) in [5, 5.41) is 21.6. The molecular formula is C17H22N4O4S. The summed E-state index contributed by atoms with van der Waals surface area (Å²) in [7, 11) is -3.82. The molecule has 0 aliphatic carbocycles. The zero-order valence-corrected chi connectivity index (χ0v) is 14.8. The van der Waals surface area contributed by atoms with E-state index in [1.165, 1.54) is 24.3 Å². The molecule has 2 rings (SSSR count). The summed E-state index contributed by atoms with van der Waals surface area (Å²) < 4.78 is 26.9. The predicted molar refractivity (Wildman–Crippen MR) is 98.3 cm³/mol. The van der Waals surface area contributed by atoms with E-state index >= 15 is 0 Å². The van der Waals surface area contributed by atoms with Crippen LogP contribution in [-0.4, -0.2) is 43.3 Å². The molecule has 0 heterocycles. The SMILES string of the molecule is N/C(=N/O)c1ccc(S(=O)(=O)NC[C@@H](O)C(N)Cc2ccccc2)cc1. The summed E-state index contributed by atoms with van der Waals surface area (Å²) in [5.74, 6) is -0.121. The molecule has 0 fully saturated rings. The smallest absolute Gasteiger partial charge is 0.240 e. The van der Waals surface area contributed by atoms with Crippen molar-refractivity contribution in [3.8, 4) is 0 Å². The van der Waals surface area contributed by atoms with Gasteiger partial charge in [0.25, 0.3) is 0 Å². The first kappa shape index (κ1) is 19.9. The summed E-state index contributed by atoms with van der Waals surface area (Å²) in [6.45, 7) is -0.210. The first-order valence-corrected chi connectivity index (χ1v) is 9.37. The summed E-state index contributed by atoms with van der Waals surface area (Å²) in [4.78, 5) is -0.00387. The highest BCUT2D eigenvalue weighted by Crippen LogP contribution is 2.11. The number of hydrogen-bond donors (Lipinski definition) is 5. The Kier molecular flexibility index (Phi) is 6.70. The maximum Gasteiger partial charge on any atom is 0.240 e. The Morgan fingerprint density at radius 1 is 1.12 bits per heavy atom. The molecule has 26 heavy (non-hydrogen) atoms. The molecule has 0 spiro atoms. The molecule has 140 valence electrons. The summed E-state index contributed by atoms with van der Waals surface area (Å²) in [5.41, 5.74) is 12.7. The van der Waals surface area contributed by atoms with Crippen LogP contribution in [0.25, 0.3) is 0 Å². The molecule has 0 aromatic heterocycles. The minimum Gasteiger partial charge on any atom is -0.409 e. The number of benzene rings is 2. The maximum absolute atomic E-state index is 12.3. The van der Waals surface area contributed by atoms with E-state index in [0.717, 1.165) is 5.56 Å². The van der Waals surface area contributed by atoms with Crippen LogP contribution in [0.5, 0.6) is 0 Å². The van der Waals surface area contributed by atoms with Crippen LogP contribution in [0.2, 0.25) is 0 Å². The van der Waals surface area contributed by atoms with Crippen LogP contribution in [0.15, 0.2) is 64.6 Å². The first-order valence-electron chi connectivity index (χ1n) is 7.88.